The van der Waals surface area contributed by atoms with Crippen LogP contribution in [-0.4, -0.2) is 32.4 Å². The van der Waals surface area contributed by atoms with Gasteiger partial charge in [-0.2, -0.15) is 0 Å². The normalized spacial score (nSPS) is 12.6. The van der Waals surface area contributed by atoms with Crippen molar-refractivity contribution in [3.63, 3.8) is 0 Å². The van der Waals surface area contributed by atoms with Crippen LogP contribution in [0.5, 0.6) is 0 Å². The first-order chi connectivity index (χ1) is 16.0. The quantitative estimate of drug-likeness (QED) is 0.186. The van der Waals surface area contributed by atoms with Gasteiger partial charge in [-0.05, 0) is 37.6 Å². The molecular formula is C29H29IrN2O2-. The van der Waals surface area contributed by atoms with Gasteiger partial charge in [-0.3, -0.25) is 4.98 Å². The Labute approximate surface area is 214 Å². The van der Waals surface area contributed by atoms with Crippen molar-refractivity contribution in [2.75, 3.05) is 0 Å². The molecule has 0 fully saturated rings. The molecule has 1 radical (unpaired) electrons. The molecule has 0 saturated carbocycles. The third-order valence-electron chi connectivity index (χ3n) is 5.68. The Kier molecular flexibility index (Phi) is 8.87. The van der Waals surface area contributed by atoms with Crippen LogP contribution in [0.4, 0.5) is 0 Å². The Morgan fingerprint density at radius 2 is 1.47 bits per heavy atom. The fourth-order valence-corrected chi connectivity index (χ4v) is 4.09. The number of aliphatic hydroxyl groups excluding tert-OH is 2. The van der Waals surface area contributed by atoms with Crippen molar-refractivity contribution in [2.45, 2.75) is 45.8 Å². The van der Waals surface area contributed by atoms with E-state index >= 15 is 0 Å². The maximum atomic E-state index is 8.56. The molecule has 2 unspecified atom stereocenters. The number of hydrogen-bond donors (Lipinski definition) is 2. The van der Waals surface area contributed by atoms with Gasteiger partial charge in [0, 0.05) is 37.4 Å². The van der Waals surface area contributed by atoms with Gasteiger partial charge in [0.25, 0.3) is 0 Å². The number of aryl methyl sites for hydroxylation is 1. The Morgan fingerprint density at radius 1 is 0.824 bits per heavy atom. The Morgan fingerprint density at radius 3 is 2.09 bits per heavy atom. The number of benzene rings is 4. The van der Waals surface area contributed by atoms with Crippen molar-refractivity contribution in [1.82, 2.24) is 9.97 Å². The van der Waals surface area contributed by atoms with Crippen LogP contribution >= 0.6 is 0 Å². The molecule has 0 bridgehead atoms. The van der Waals surface area contributed by atoms with Crippen molar-refractivity contribution in [3.8, 4) is 11.3 Å². The second kappa shape index (κ2) is 11.6. The average molecular weight is 630 g/mol. The molecule has 0 spiro atoms. The molecule has 0 aliphatic heterocycles. The summed E-state index contributed by atoms with van der Waals surface area (Å²) >= 11 is 0. The van der Waals surface area contributed by atoms with E-state index in [4.69, 9.17) is 20.2 Å². The minimum absolute atomic E-state index is 0. The molecule has 177 valence electrons. The Balaban J connectivity index is 0.000000357. The molecule has 0 amide bonds. The summed E-state index contributed by atoms with van der Waals surface area (Å²) in [6.45, 7) is 5.48. The molecule has 2 N–H and O–H groups in total. The van der Waals surface area contributed by atoms with E-state index in [0.29, 0.717) is 6.42 Å². The predicted molar refractivity (Wildman–Crippen MR) is 136 cm³/mol. The molecule has 5 heteroatoms. The number of fused-ring (bicyclic) bond motifs is 6. The van der Waals surface area contributed by atoms with E-state index in [-0.39, 0.29) is 32.3 Å². The van der Waals surface area contributed by atoms with Gasteiger partial charge in [0.2, 0.25) is 0 Å². The number of nitrogens with zero attached hydrogens (tertiary/aromatic N) is 2. The zero-order valence-electron chi connectivity index (χ0n) is 19.6. The first-order valence-corrected chi connectivity index (χ1v) is 11.4. The molecule has 1 heterocycles. The summed E-state index contributed by atoms with van der Waals surface area (Å²) in [6.07, 6.45) is 2.63. The van der Waals surface area contributed by atoms with Crippen LogP contribution in [0.25, 0.3) is 43.8 Å². The summed E-state index contributed by atoms with van der Waals surface area (Å²) in [6, 6.07) is 26.4. The van der Waals surface area contributed by atoms with E-state index in [1.165, 1.54) is 16.3 Å². The standard InChI is InChI=1S/C24H17N2.C5H12O2.Ir/c1-2-16-11-13-17(14-12-16)22-15-25-23-20-9-5-3-7-18(20)19-8-4-6-10-21(19)24(23)26-22;1-4(6)3-5(2)7;/h3-8,10-15H,2H2,1H3;4-7H,3H2,1-2H3;/q-1;;. The minimum atomic E-state index is -0.375. The van der Waals surface area contributed by atoms with Crippen molar-refractivity contribution in [3.05, 3.63) is 84.6 Å². The maximum Gasteiger partial charge on any atom is 0.0873 e. The van der Waals surface area contributed by atoms with Crippen molar-refractivity contribution < 1.29 is 30.3 Å². The average Bonchev–Trinajstić information content (AvgIpc) is 2.83. The molecular weight excluding hydrogens is 601 g/mol. The van der Waals surface area contributed by atoms with Gasteiger partial charge in [-0.1, -0.05) is 66.2 Å². The first-order valence-electron chi connectivity index (χ1n) is 11.4. The van der Waals surface area contributed by atoms with Gasteiger partial charge in [-0.15, -0.1) is 29.7 Å². The van der Waals surface area contributed by atoms with E-state index in [2.05, 4.69) is 67.6 Å². The minimum Gasteiger partial charge on any atom is -0.393 e. The maximum absolute atomic E-state index is 8.56. The van der Waals surface area contributed by atoms with E-state index in [0.717, 1.165) is 39.5 Å². The van der Waals surface area contributed by atoms with Gasteiger partial charge in [0.1, 0.15) is 0 Å². The van der Waals surface area contributed by atoms with E-state index in [1.807, 2.05) is 18.3 Å². The van der Waals surface area contributed by atoms with Gasteiger partial charge in [-0.25, -0.2) is 0 Å². The Bertz CT molecular complexity index is 1340. The second-order valence-electron chi connectivity index (χ2n) is 8.44. The predicted octanol–water partition coefficient (Wildman–Crippen LogP) is 6.10. The summed E-state index contributed by atoms with van der Waals surface area (Å²) in [5.74, 6) is 0. The number of aromatic nitrogens is 2. The van der Waals surface area contributed by atoms with Crippen LogP contribution in [0.2, 0.25) is 0 Å². The summed E-state index contributed by atoms with van der Waals surface area (Å²) in [4.78, 5) is 9.78. The van der Waals surface area contributed by atoms with Crippen LogP contribution in [-0.2, 0) is 26.5 Å². The fraction of sp³-hybridized carbons (Fsp3) is 0.241. The molecule has 34 heavy (non-hydrogen) atoms. The number of rotatable bonds is 4. The van der Waals surface area contributed by atoms with Gasteiger partial charge in [0.15, 0.2) is 0 Å². The van der Waals surface area contributed by atoms with Crippen LogP contribution in [0, 0.1) is 6.07 Å². The van der Waals surface area contributed by atoms with Crippen molar-refractivity contribution >= 4 is 32.6 Å². The van der Waals surface area contributed by atoms with Gasteiger partial charge >= 0.3 is 0 Å². The first kappa shape index (κ1) is 25.9. The van der Waals surface area contributed by atoms with Crippen LogP contribution in [0.15, 0.2) is 72.9 Å². The molecule has 4 aromatic carbocycles. The molecule has 2 atom stereocenters. The number of hydrogen-bond acceptors (Lipinski definition) is 4. The smallest absolute Gasteiger partial charge is 0.0873 e. The van der Waals surface area contributed by atoms with Crippen LogP contribution in [0.3, 0.4) is 0 Å². The van der Waals surface area contributed by atoms with Gasteiger partial charge in [0.05, 0.1) is 23.4 Å². The molecule has 0 aliphatic rings. The second-order valence-corrected chi connectivity index (χ2v) is 8.44. The fourth-order valence-electron chi connectivity index (χ4n) is 4.09. The molecule has 5 aromatic rings. The SMILES string of the molecule is CC(O)CC(C)O.CCc1ccc(-c2cnc3c4[c-]cccc4c4ccccc4c3n2)cc1.[Ir]. The summed E-state index contributed by atoms with van der Waals surface area (Å²) in [5.41, 5.74) is 5.17. The van der Waals surface area contributed by atoms with Crippen LogP contribution < -0.4 is 0 Å². The van der Waals surface area contributed by atoms with E-state index in [9.17, 15) is 0 Å². The summed E-state index contributed by atoms with van der Waals surface area (Å²) < 4.78 is 0. The van der Waals surface area contributed by atoms with Crippen molar-refractivity contribution in [2.24, 2.45) is 0 Å². The van der Waals surface area contributed by atoms with Crippen LogP contribution in [0.1, 0.15) is 32.8 Å². The van der Waals surface area contributed by atoms with Crippen molar-refractivity contribution in [1.29, 1.82) is 0 Å². The zero-order chi connectivity index (χ0) is 23.4. The topological polar surface area (TPSA) is 66.2 Å². The van der Waals surface area contributed by atoms with E-state index < -0.39 is 0 Å². The summed E-state index contributed by atoms with van der Waals surface area (Å²) in [5, 5.41) is 21.7. The molecule has 0 aliphatic carbocycles. The third-order valence-corrected chi connectivity index (χ3v) is 5.68. The summed E-state index contributed by atoms with van der Waals surface area (Å²) in [7, 11) is 0. The largest absolute Gasteiger partial charge is 0.393 e. The van der Waals surface area contributed by atoms with Gasteiger partial charge < -0.3 is 15.2 Å². The third kappa shape index (κ3) is 5.68. The number of aliphatic hydroxyl groups is 2. The molecule has 1 aromatic heterocycles. The monoisotopic (exact) mass is 630 g/mol. The molecule has 4 nitrogen and oxygen atoms in total. The van der Waals surface area contributed by atoms with E-state index in [1.54, 1.807) is 13.8 Å². The molecule has 5 rings (SSSR count). The zero-order valence-corrected chi connectivity index (χ0v) is 22.0. The Hall–Kier alpha value is -2.69. The molecule has 0 saturated heterocycles.